The zero-order valence-electron chi connectivity index (χ0n) is 17.3. The average molecular weight is 421 g/mol. The Kier molecular flexibility index (Phi) is 10.7. The smallest absolute Gasteiger partial charge is 0.408 e. The number of benzene rings is 1. The first-order valence-corrected chi connectivity index (χ1v) is 9.77. The van der Waals surface area contributed by atoms with Crippen molar-refractivity contribution in [3.05, 3.63) is 35.9 Å². The van der Waals surface area contributed by atoms with E-state index in [-0.39, 0.29) is 24.9 Å². The number of carbonyl (C=O) groups excluding carboxylic acids is 2. The number of carboxylic acid groups (broad SMARTS) is 1. The van der Waals surface area contributed by atoms with Crippen molar-refractivity contribution in [3.8, 4) is 0 Å². The van der Waals surface area contributed by atoms with Crippen LogP contribution in [0.1, 0.15) is 38.7 Å². The lowest BCUT2D eigenvalue weighted by Gasteiger charge is -2.22. The highest BCUT2D eigenvalue weighted by molar-refractivity contribution is 5.89. The summed E-state index contributed by atoms with van der Waals surface area (Å²) in [6.07, 6.45) is 0.105. The molecule has 0 fully saturated rings. The molecule has 166 valence electrons. The third kappa shape index (κ3) is 10.3. The van der Waals surface area contributed by atoms with E-state index in [2.05, 4.69) is 16.0 Å². The van der Waals surface area contributed by atoms with Crippen molar-refractivity contribution in [2.45, 2.75) is 51.8 Å². The predicted octanol–water partition coefficient (Wildman–Crippen LogP) is 1.16. The van der Waals surface area contributed by atoms with Crippen molar-refractivity contribution in [2.75, 3.05) is 6.54 Å². The van der Waals surface area contributed by atoms with E-state index in [1.54, 1.807) is 0 Å². The molecule has 0 spiro atoms. The van der Waals surface area contributed by atoms with Gasteiger partial charge in [0.15, 0.2) is 5.96 Å². The Hall–Kier alpha value is -3.30. The van der Waals surface area contributed by atoms with Gasteiger partial charge in [0.1, 0.15) is 18.7 Å². The van der Waals surface area contributed by atoms with Crippen molar-refractivity contribution in [2.24, 2.45) is 11.7 Å². The zero-order valence-corrected chi connectivity index (χ0v) is 17.3. The minimum absolute atomic E-state index is 0.0591. The Morgan fingerprint density at radius 3 is 2.37 bits per heavy atom. The Morgan fingerprint density at radius 2 is 1.80 bits per heavy atom. The third-order valence-corrected chi connectivity index (χ3v) is 4.13. The van der Waals surface area contributed by atoms with Crippen molar-refractivity contribution in [3.63, 3.8) is 0 Å². The minimum Gasteiger partial charge on any atom is -0.480 e. The predicted molar refractivity (Wildman–Crippen MR) is 112 cm³/mol. The van der Waals surface area contributed by atoms with Crippen LogP contribution in [0.2, 0.25) is 0 Å². The lowest BCUT2D eigenvalue weighted by Crippen LogP contribution is -2.52. The molecular weight excluding hydrogens is 390 g/mol. The van der Waals surface area contributed by atoms with Gasteiger partial charge in [-0.3, -0.25) is 10.2 Å². The van der Waals surface area contributed by atoms with E-state index in [0.717, 1.165) is 5.56 Å². The quantitative estimate of drug-likeness (QED) is 0.167. The second-order valence-corrected chi connectivity index (χ2v) is 7.27. The molecule has 7 N–H and O–H groups in total. The molecule has 0 unspecified atom stereocenters. The number of ether oxygens (including phenoxy) is 1. The molecular formula is C20H31N5O5. The number of nitrogens with one attached hydrogen (secondary N) is 4. The Bertz CT molecular complexity index is 711. The Balaban J connectivity index is 2.63. The molecule has 0 heterocycles. The molecule has 0 aliphatic carbocycles. The first-order chi connectivity index (χ1) is 14.2. The van der Waals surface area contributed by atoms with E-state index in [9.17, 15) is 19.5 Å². The van der Waals surface area contributed by atoms with Gasteiger partial charge in [0.25, 0.3) is 0 Å². The molecule has 0 radical (unpaired) electrons. The van der Waals surface area contributed by atoms with Gasteiger partial charge < -0.3 is 31.5 Å². The molecule has 10 nitrogen and oxygen atoms in total. The summed E-state index contributed by atoms with van der Waals surface area (Å²) in [6.45, 7) is 4.15. The monoisotopic (exact) mass is 421 g/mol. The topological polar surface area (TPSA) is 167 Å². The highest BCUT2D eigenvalue weighted by Crippen LogP contribution is 2.08. The summed E-state index contributed by atoms with van der Waals surface area (Å²) < 4.78 is 5.16. The number of nitrogens with two attached hydrogens (primary N) is 1. The van der Waals surface area contributed by atoms with Gasteiger partial charge in [-0.1, -0.05) is 44.2 Å². The summed E-state index contributed by atoms with van der Waals surface area (Å²) in [4.78, 5) is 36.2. The standard InChI is InChI=1S/C20H31N5O5/c1-13(2)11-16(25-20(29)30-12-14-7-4-3-5-8-14)17(26)24-15(18(27)28)9-6-10-23-19(21)22/h3-5,7-8,13,15-16H,6,9-12H2,1-2H3,(H,24,26)(H,25,29)(H,27,28)(H4,21,22,23)/t15-,16-/m0/s1. The number of aliphatic carboxylic acids is 1. The van der Waals surface area contributed by atoms with Gasteiger partial charge in [-0.15, -0.1) is 0 Å². The third-order valence-electron chi connectivity index (χ3n) is 4.13. The molecule has 2 atom stereocenters. The van der Waals surface area contributed by atoms with Gasteiger partial charge in [0.05, 0.1) is 0 Å². The molecule has 0 saturated heterocycles. The Morgan fingerprint density at radius 1 is 1.13 bits per heavy atom. The Labute approximate surface area is 176 Å². The van der Waals surface area contributed by atoms with Crippen LogP contribution in [0.15, 0.2) is 30.3 Å². The molecule has 0 saturated carbocycles. The van der Waals surface area contributed by atoms with Crippen LogP contribution in [-0.2, 0) is 20.9 Å². The van der Waals surface area contributed by atoms with Crippen LogP contribution < -0.4 is 21.7 Å². The summed E-state index contributed by atoms with van der Waals surface area (Å²) in [5.74, 6) is -1.90. The van der Waals surface area contributed by atoms with E-state index < -0.39 is 30.1 Å². The molecule has 1 aromatic rings. The highest BCUT2D eigenvalue weighted by atomic mass is 16.5. The van der Waals surface area contributed by atoms with E-state index in [1.807, 2.05) is 44.2 Å². The first-order valence-electron chi connectivity index (χ1n) is 9.77. The first kappa shape index (κ1) is 24.7. The summed E-state index contributed by atoms with van der Waals surface area (Å²) >= 11 is 0. The fourth-order valence-electron chi connectivity index (χ4n) is 2.67. The number of hydrogen-bond acceptors (Lipinski definition) is 5. The van der Waals surface area contributed by atoms with Gasteiger partial charge in [0.2, 0.25) is 5.91 Å². The summed E-state index contributed by atoms with van der Waals surface area (Å²) in [5.41, 5.74) is 5.99. The number of guanidine groups is 1. The molecule has 10 heteroatoms. The fraction of sp³-hybridized carbons (Fsp3) is 0.500. The van der Waals surface area contributed by atoms with Crippen LogP contribution in [0.5, 0.6) is 0 Å². The van der Waals surface area contributed by atoms with E-state index >= 15 is 0 Å². The molecule has 0 aliphatic rings. The summed E-state index contributed by atoms with van der Waals surface area (Å²) in [7, 11) is 0. The SMILES string of the molecule is CC(C)C[C@H](NC(=O)OCc1ccccc1)C(=O)N[C@@H](CCCNC(=N)N)C(=O)O. The second-order valence-electron chi connectivity index (χ2n) is 7.27. The van der Waals surface area contributed by atoms with Gasteiger partial charge in [-0.25, -0.2) is 9.59 Å². The maximum Gasteiger partial charge on any atom is 0.408 e. The van der Waals surface area contributed by atoms with Crippen LogP contribution in [0, 0.1) is 11.3 Å². The molecule has 2 amide bonds. The maximum atomic E-state index is 12.6. The van der Waals surface area contributed by atoms with Crippen LogP contribution in [0.25, 0.3) is 0 Å². The second kappa shape index (κ2) is 13.0. The maximum absolute atomic E-state index is 12.6. The summed E-state index contributed by atoms with van der Waals surface area (Å²) in [5, 5.41) is 24.0. The number of hydrogen-bond donors (Lipinski definition) is 6. The van der Waals surface area contributed by atoms with Gasteiger partial charge in [-0.05, 0) is 30.7 Å². The molecule has 1 rings (SSSR count). The van der Waals surface area contributed by atoms with E-state index in [1.165, 1.54) is 0 Å². The van der Waals surface area contributed by atoms with Crippen molar-refractivity contribution in [1.29, 1.82) is 5.41 Å². The highest BCUT2D eigenvalue weighted by Gasteiger charge is 2.27. The van der Waals surface area contributed by atoms with Crippen LogP contribution in [-0.4, -0.2) is 47.7 Å². The van der Waals surface area contributed by atoms with Crippen molar-refractivity contribution in [1.82, 2.24) is 16.0 Å². The van der Waals surface area contributed by atoms with Crippen molar-refractivity contribution < 1.29 is 24.2 Å². The molecule has 0 aromatic heterocycles. The van der Waals surface area contributed by atoms with E-state index in [0.29, 0.717) is 19.4 Å². The lowest BCUT2D eigenvalue weighted by molar-refractivity contribution is -0.142. The zero-order chi connectivity index (χ0) is 22.5. The number of amides is 2. The number of rotatable bonds is 12. The van der Waals surface area contributed by atoms with E-state index in [4.69, 9.17) is 15.9 Å². The number of alkyl carbamates (subject to hydrolysis) is 1. The van der Waals surface area contributed by atoms with Crippen molar-refractivity contribution >= 4 is 23.9 Å². The van der Waals surface area contributed by atoms with Gasteiger partial charge in [-0.2, -0.15) is 0 Å². The lowest BCUT2D eigenvalue weighted by atomic mass is 10.0. The van der Waals surface area contributed by atoms with Gasteiger partial charge >= 0.3 is 12.1 Å². The van der Waals surface area contributed by atoms with Crippen LogP contribution in [0.3, 0.4) is 0 Å². The van der Waals surface area contributed by atoms with Crippen LogP contribution in [0.4, 0.5) is 4.79 Å². The normalized spacial score (nSPS) is 12.5. The molecule has 30 heavy (non-hydrogen) atoms. The number of carboxylic acids is 1. The molecule has 0 aliphatic heterocycles. The fourth-order valence-corrected chi connectivity index (χ4v) is 2.67. The largest absolute Gasteiger partial charge is 0.480 e. The average Bonchev–Trinajstić information content (AvgIpc) is 2.68. The van der Waals surface area contributed by atoms with Gasteiger partial charge in [0, 0.05) is 6.54 Å². The molecule has 0 bridgehead atoms. The molecule has 1 aromatic carbocycles. The number of carbonyl (C=O) groups is 3. The summed E-state index contributed by atoms with van der Waals surface area (Å²) in [6, 6.07) is 7.07. The van der Waals surface area contributed by atoms with Crippen LogP contribution >= 0.6 is 0 Å². The minimum atomic E-state index is -1.18.